The summed E-state index contributed by atoms with van der Waals surface area (Å²) in [5.74, 6) is -0.353. The van der Waals surface area contributed by atoms with Crippen LogP contribution in [0.25, 0.3) is 0 Å². The van der Waals surface area contributed by atoms with Crippen molar-refractivity contribution in [3.05, 3.63) is 29.8 Å². The minimum absolute atomic E-state index is 0.187. The smallest absolute Gasteiger partial charge is 0.323 e. The van der Waals surface area contributed by atoms with Crippen LogP contribution in [0.15, 0.2) is 24.3 Å². The van der Waals surface area contributed by atoms with Crippen molar-refractivity contribution in [3.63, 3.8) is 0 Å². The van der Waals surface area contributed by atoms with Crippen LogP contribution in [-0.2, 0) is 35.0 Å². The molecule has 0 aromatic heterocycles. The zero-order valence-corrected chi connectivity index (χ0v) is 38.5. The minimum atomic E-state index is -0.946. The first-order chi connectivity index (χ1) is 28.3. The molecule has 0 aliphatic rings. The van der Waals surface area contributed by atoms with Gasteiger partial charge in [-0.15, -0.1) is 23.2 Å². The first-order valence-corrected chi connectivity index (χ1v) is 24.6. The van der Waals surface area contributed by atoms with E-state index in [9.17, 15) is 14.4 Å². The fourth-order valence-corrected chi connectivity index (χ4v) is 7.62. The molecule has 0 saturated carbocycles. The molecule has 0 aliphatic carbocycles. The number of carbonyl (C=O) groups excluding carboxylic acids is 3. The fraction of sp³-hybridized carbons (Fsp3) is 0.812. The molecule has 0 amide bonds. The van der Waals surface area contributed by atoms with E-state index in [1.165, 1.54) is 128 Å². The highest BCUT2D eigenvalue weighted by molar-refractivity contribution is 6.18. The van der Waals surface area contributed by atoms with Crippen LogP contribution in [0.5, 0.6) is 0 Å². The Morgan fingerprint density at radius 2 is 0.897 bits per heavy atom. The second-order valence-electron chi connectivity index (χ2n) is 16.3. The largest absolute Gasteiger partial charge is 0.462 e. The summed E-state index contributed by atoms with van der Waals surface area (Å²) in [6, 6.07) is 6.82. The van der Waals surface area contributed by atoms with Crippen LogP contribution in [0.1, 0.15) is 199 Å². The number of nitrogens with two attached hydrogens (primary N) is 1. The van der Waals surface area contributed by atoms with E-state index in [0.717, 1.165) is 49.8 Å². The van der Waals surface area contributed by atoms with Gasteiger partial charge in [-0.05, 0) is 37.0 Å². The van der Waals surface area contributed by atoms with Crippen LogP contribution in [0.3, 0.4) is 0 Å². The third-order valence-electron chi connectivity index (χ3n) is 10.9. The molecule has 0 saturated heterocycles. The molecule has 0 radical (unpaired) electrons. The predicted octanol–water partition coefficient (Wildman–Crippen LogP) is 12.8. The minimum Gasteiger partial charge on any atom is -0.462 e. The van der Waals surface area contributed by atoms with Gasteiger partial charge in [-0.2, -0.15) is 0 Å². The summed E-state index contributed by atoms with van der Waals surface area (Å²) in [5.41, 5.74) is 8.15. The summed E-state index contributed by atoms with van der Waals surface area (Å²) < 4.78 is 16.8. The lowest BCUT2D eigenvalue weighted by Gasteiger charge is -2.23. The molecule has 1 aromatic carbocycles. The van der Waals surface area contributed by atoms with E-state index in [1.54, 1.807) is 0 Å². The summed E-state index contributed by atoms with van der Waals surface area (Å²) in [5, 5.41) is 0. The molecule has 1 aromatic rings. The highest BCUT2D eigenvalue weighted by Crippen LogP contribution is 2.18. The molecule has 2 N–H and O–H groups in total. The van der Waals surface area contributed by atoms with E-state index in [0.29, 0.717) is 37.7 Å². The van der Waals surface area contributed by atoms with E-state index in [1.807, 2.05) is 24.3 Å². The predicted molar refractivity (Wildman–Crippen MR) is 244 cm³/mol. The number of alkyl halides is 2. The van der Waals surface area contributed by atoms with Gasteiger partial charge < -0.3 is 24.8 Å². The average molecular weight is 856 g/mol. The Bertz CT molecular complexity index is 1070. The van der Waals surface area contributed by atoms with Crippen molar-refractivity contribution in [1.29, 1.82) is 0 Å². The third-order valence-corrected chi connectivity index (χ3v) is 11.2. The lowest BCUT2D eigenvalue weighted by Crippen LogP contribution is -2.40. The molecule has 0 aliphatic heterocycles. The second kappa shape index (κ2) is 39.1. The lowest BCUT2D eigenvalue weighted by molar-refractivity contribution is -0.167. The van der Waals surface area contributed by atoms with Crippen molar-refractivity contribution in [2.45, 2.75) is 212 Å². The molecule has 1 atom stereocenters. The third kappa shape index (κ3) is 30.9. The standard InChI is InChI=1S/C48H84Cl2N2O6/c1-3-5-7-9-11-13-15-17-19-21-23-25-27-29-46(53)56-40-44(41-57-47(54)30-28-26-24-22-20-18-16-14-12-10-8-6-4-2)58-48(55)45(51)39-42-31-33-43(34-32-42)52(37-35-49)38-36-50/h31-34,44-45H,3-30,35-41,51H2,1-2H3. The Kier molecular flexibility index (Phi) is 36.4. The number of esters is 3. The Morgan fingerprint density at radius 3 is 1.24 bits per heavy atom. The number of carbonyl (C=O) groups is 3. The van der Waals surface area contributed by atoms with E-state index in [2.05, 4.69) is 18.7 Å². The van der Waals surface area contributed by atoms with E-state index in [-0.39, 0.29) is 31.6 Å². The van der Waals surface area contributed by atoms with Crippen molar-refractivity contribution in [2.75, 3.05) is 43.0 Å². The highest BCUT2D eigenvalue weighted by Gasteiger charge is 2.24. The first kappa shape index (κ1) is 54.0. The summed E-state index contributed by atoms with van der Waals surface area (Å²) in [6.45, 7) is 5.49. The molecular formula is C48H84Cl2N2O6. The van der Waals surface area contributed by atoms with Gasteiger partial charge in [0, 0.05) is 43.4 Å². The quantitative estimate of drug-likeness (QED) is 0.0300. The summed E-state index contributed by atoms with van der Waals surface area (Å²) in [7, 11) is 0. The van der Waals surface area contributed by atoms with Crippen molar-refractivity contribution in [2.24, 2.45) is 5.73 Å². The summed E-state index contributed by atoms with van der Waals surface area (Å²) in [6.07, 6.45) is 31.9. The number of benzene rings is 1. The average Bonchev–Trinajstić information content (AvgIpc) is 3.22. The van der Waals surface area contributed by atoms with Gasteiger partial charge in [-0.3, -0.25) is 14.4 Å². The Hall–Kier alpha value is -2.03. The number of ether oxygens (including phenoxy) is 3. The van der Waals surface area contributed by atoms with Crippen LogP contribution < -0.4 is 10.6 Å². The molecule has 10 heteroatoms. The van der Waals surface area contributed by atoms with Crippen molar-refractivity contribution < 1.29 is 28.6 Å². The molecule has 0 fully saturated rings. The van der Waals surface area contributed by atoms with Gasteiger partial charge in [-0.1, -0.05) is 180 Å². The highest BCUT2D eigenvalue weighted by atomic mass is 35.5. The van der Waals surface area contributed by atoms with Gasteiger partial charge in [0.05, 0.1) is 0 Å². The maximum atomic E-state index is 13.1. The first-order valence-electron chi connectivity index (χ1n) is 23.6. The lowest BCUT2D eigenvalue weighted by atomic mass is 10.0. The molecule has 0 spiro atoms. The SMILES string of the molecule is CCCCCCCCCCCCCCCC(=O)OCC(COC(=O)CCCCCCCCCCCCCCC)OC(=O)C(N)Cc1ccc(N(CCCl)CCCl)cc1. The number of unbranched alkanes of at least 4 members (excludes halogenated alkanes) is 24. The second-order valence-corrected chi connectivity index (χ2v) is 17.0. The molecule has 336 valence electrons. The maximum Gasteiger partial charge on any atom is 0.323 e. The number of halogens is 2. The van der Waals surface area contributed by atoms with E-state index >= 15 is 0 Å². The number of hydrogen-bond donors (Lipinski definition) is 1. The van der Waals surface area contributed by atoms with Crippen LogP contribution in [0.4, 0.5) is 5.69 Å². The molecule has 0 bridgehead atoms. The van der Waals surface area contributed by atoms with Crippen LogP contribution in [0.2, 0.25) is 0 Å². The van der Waals surface area contributed by atoms with E-state index < -0.39 is 18.1 Å². The number of nitrogens with zero attached hydrogens (tertiary/aromatic N) is 1. The van der Waals surface area contributed by atoms with Crippen molar-refractivity contribution in [3.8, 4) is 0 Å². The molecule has 1 rings (SSSR count). The number of hydrogen-bond acceptors (Lipinski definition) is 8. The molecule has 8 nitrogen and oxygen atoms in total. The van der Waals surface area contributed by atoms with Gasteiger partial charge in [0.25, 0.3) is 0 Å². The Balaban J connectivity index is 2.50. The van der Waals surface area contributed by atoms with Gasteiger partial charge in [-0.25, -0.2) is 0 Å². The zero-order chi connectivity index (χ0) is 42.3. The number of anilines is 1. The van der Waals surface area contributed by atoms with Crippen LogP contribution >= 0.6 is 23.2 Å². The Morgan fingerprint density at radius 1 is 0.552 bits per heavy atom. The monoisotopic (exact) mass is 855 g/mol. The van der Waals surface area contributed by atoms with Crippen LogP contribution in [0, 0.1) is 0 Å². The number of rotatable bonds is 41. The molecule has 1 unspecified atom stereocenters. The van der Waals surface area contributed by atoms with Gasteiger partial charge >= 0.3 is 17.9 Å². The van der Waals surface area contributed by atoms with Gasteiger partial charge in [0.1, 0.15) is 19.3 Å². The maximum absolute atomic E-state index is 13.1. The normalized spacial score (nSPS) is 11.8. The van der Waals surface area contributed by atoms with E-state index in [4.69, 9.17) is 43.1 Å². The summed E-state index contributed by atoms with van der Waals surface area (Å²) >= 11 is 11.9. The molecule has 58 heavy (non-hydrogen) atoms. The fourth-order valence-electron chi connectivity index (χ4n) is 7.21. The van der Waals surface area contributed by atoms with Gasteiger partial charge in [0.15, 0.2) is 6.10 Å². The summed E-state index contributed by atoms with van der Waals surface area (Å²) in [4.78, 5) is 40.5. The molecule has 0 heterocycles. The Labute approximate surface area is 364 Å². The zero-order valence-electron chi connectivity index (χ0n) is 36.9. The van der Waals surface area contributed by atoms with Crippen molar-refractivity contribution >= 4 is 46.8 Å². The topological polar surface area (TPSA) is 108 Å². The van der Waals surface area contributed by atoms with Crippen molar-refractivity contribution in [1.82, 2.24) is 0 Å². The van der Waals surface area contributed by atoms with Crippen LogP contribution in [-0.4, -0.2) is 68.1 Å². The molecular weight excluding hydrogens is 771 g/mol. The van der Waals surface area contributed by atoms with Gasteiger partial charge in [0.2, 0.25) is 0 Å².